The molecule has 1 nitrogen and oxygen atoms in total. The standard InChI is InChI=1S/C37H27N/c1-2-11-29(12-3-1)30-22-20-27(21-23-30)24-28-10-8-13-31(25-28)32-14-9-15-33(26-32)38-36-18-6-4-16-34(36)35-17-5-7-19-37(35)38/h1-23,25-26H,24H2. The van der Waals surface area contributed by atoms with Gasteiger partial charge < -0.3 is 4.57 Å². The molecule has 7 rings (SSSR count). The van der Waals surface area contributed by atoms with E-state index in [2.05, 4.69) is 156 Å². The maximum Gasteiger partial charge on any atom is 0.0541 e. The van der Waals surface area contributed by atoms with Crippen LogP contribution in [0.25, 0.3) is 49.7 Å². The minimum atomic E-state index is 0.912. The Morgan fingerprint density at radius 3 is 1.63 bits per heavy atom. The molecule has 6 aromatic carbocycles. The van der Waals surface area contributed by atoms with Crippen molar-refractivity contribution in [2.75, 3.05) is 0 Å². The molecule has 0 atom stereocenters. The van der Waals surface area contributed by atoms with Crippen LogP contribution in [0, 0.1) is 0 Å². The number of para-hydroxylation sites is 2. The van der Waals surface area contributed by atoms with E-state index in [1.165, 1.54) is 60.9 Å². The van der Waals surface area contributed by atoms with E-state index in [0.717, 1.165) is 6.42 Å². The van der Waals surface area contributed by atoms with Crippen molar-refractivity contribution in [3.8, 4) is 27.9 Å². The highest BCUT2D eigenvalue weighted by atomic mass is 15.0. The van der Waals surface area contributed by atoms with Crippen molar-refractivity contribution in [3.05, 3.63) is 163 Å². The van der Waals surface area contributed by atoms with Crippen LogP contribution in [0.5, 0.6) is 0 Å². The monoisotopic (exact) mass is 485 g/mol. The third-order valence-electron chi connectivity index (χ3n) is 7.41. The molecule has 1 aromatic heterocycles. The predicted octanol–water partition coefficient (Wildman–Crippen LogP) is 9.71. The Hall–Kier alpha value is -4.88. The lowest BCUT2D eigenvalue weighted by atomic mass is 9.97. The first kappa shape index (κ1) is 22.3. The molecule has 0 aliphatic heterocycles. The van der Waals surface area contributed by atoms with Gasteiger partial charge in [-0.2, -0.15) is 0 Å². The molecular weight excluding hydrogens is 458 g/mol. The van der Waals surface area contributed by atoms with Crippen molar-refractivity contribution in [3.63, 3.8) is 0 Å². The van der Waals surface area contributed by atoms with Crippen molar-refractivity contribution in [2.45, 2.75) is 6.42 Å². The van der Waals surface area contributed by atoms with Gasteiger partial charge in [0, 0.05) is 16.5 Å². The van der Waals surface area contributed by atoms with Crippen LogP contribution in [0.3, 0.4) is 0 Å². The highest BCUT2D eigenvalue weighted by Gasteiger charge is 2.12. The van der Waals surface area contributed by atoms with E-state index in [9.17, 15) is 0 Å². The first-order chi connectivity index (χ1) is 18.8. The molecule has 180 valence electrons. The fraction of sp³-hybridized carbons (Fsp3) is 0.0270. The van der Waals surface area contributed by atoms with Gasteiger partial charge in [-0.3, -0.25) is 0 Å². The molecule has 7 aromatic rings. The maximum atomic E-state index is 2.38. The molecule has 0 fully saturated rings. The van der Waals surface area contributed by atoms with Crippen LogP contribution < -0.4 is 0 Å². The van der Waals surface area contributed by atoms with E-state index >= 15 is 0 Å². The third kappa shape index (κ3) is 4.09. The first-order valence-electron chi connectivity index (χ1n) is 13.2. The Morgan fingerprint density at radius 1 is 0.368 bits per heavy atom. The number of aromatic nitrogens is 1. The van der Waals surface area contributed by atoms with E-state index in [4.69, 9.17) is 0 Å². The molecule has 0 spiro atoms. The second-order valence-corrected chi connectivity index (χ2v) is 9.86. The van der Waals surface area contributed by atoms with E-state index in [1.54, 1.807) is 0 Å². The minimum Gasteiger partial charge on any atom is -0.309 e. The zero-order chi connectivity index (χ0) is 25.3. The van der Waals surface area contributed by atoms with Gasteiger partial charge in [0.1, 0.15) is 0 Å². The summed E-state index contributed by atoms with van der Waals surface area (Å²) in [5.41, 5.74) is 11.3. The van der Waals surface area contributed by atoms with E-state index in [1.807, 2.05) is 0 Å². The van der Waals surface area contributed by atoms with Gasteiger partial charge in [-0.05, 0) is 64.1 Å². The van der Waals surface area contributed by atoms with Crippen LogP contribution in [0.2, 0.25) is 0 Å². The van der Waals surface area contributed by atoms with Crippen molar-refractivity contribution < 1.29 is 0 Å². The zero-order valence-electron chi connectivity index (χ0n) is 21.1. The lowest BCUT2D eigenvalue weighted by Crippen LogP contribution is -1.94. The van der Waals surface area contributed by atoms with Crippen molar-refractivity contribution >= 4 is 21.8 Å². The SMILES string of the molecule is c1ccc(-c2ccc(Cc3cccc(-c4cccc(-n5c6ccccc6c6ccccc65)c4)c3)cc2)cc1. The highest BCUT2D eigenvalue weighted by Crippen LogP contribution is 2.33. The van der Waals surface area contributed by atoms with Crippen molar-refractivity contribution in [1.29, 1.82) is 0 Å². The number of benzene rings is 6. The Balaban J connectivity index is 1.22. The molecule has 0 aliphatic rings. The van der Waals surface area contributed by atoms with Gasteiger partial charge in [0.2, 0.25) is 0 Å². The summed E-state index contributed by atoms with van der Waals surface area (Å²) in [5, 5.41) is 2.57. The van der Waals surface area contributed by atoms with Gasteiger partial charge in [0.05, 0.1) is 11.0 Å². The van der Waals surface area contributed by atoms with Gasteiger partial charge in [-0.25, -0.2) is 0 Å². The van der Waals surface area contributed by atoms with E-state index in [-0.39, 0.29) is 0 Å². The maximum absolute atomic E-state index is 2.38. The predicted molar refractivity (Wildman–Crippen MR) is 161 cm³/mol. The van der Waals surface area contributed by atoms with Crippen LogP contribution in [0.4, 0.5) is 0 Å². The van der Waals surface area contributed by atoms with Crippen molar-refractivity contribution in [1.82, 2.24) is 4.57 Å². The van der Waals surface area contributed by atoms with Crippen LogP contribution in [-0.2, 0) is 6.42 Å². The van der Waals surface area contributed by atoms with Crippen LogP contribution in [0.15, 0.2) is 152 Å². The first-order valence-corrected chi connectivity index (χ1v) is 13.2. The molecule has 0 N–H and O–H groups in total. The second-order valence-electron chi connectivity index (χ2n) is 9.86. The molecule has 0 saturated heterocycles. The van der Waals surface area contributed by atoms with Gasteiger partial charge >= 0.3 is 0 Å². The van der Waals surface area contributed by atoms with Crippen LogP contribution in [0.1, 0.15) is 11.1 Å². The van der Waals surface area contributed by atoms with Gasteiger partial charge in [0.15, 0.2) is 0 Å². The third-order valence-corrected chi connectivity index (χ3v) is 7.41. The van der Waals surface area contributed by atoms with Crippen LogP contribution in [-0.4, -0.2) is 4.57 Å². The summed E-state index contributed by atoms with van der Waals surface area (Å²) in [5.74, 6) is 0. The Labute approximate surface area is 223 Å². The summed E-state index contributed by atoms with van der Waals surface area (Å²) in [7, 11) is 0. The number of fused-ring (bicyclic) bond motifs is 3. The zero-order valence-corrected chi connectivity index (χ0v) is 21.1. The lowest BCUT2D eigenvalue weighted by molar-refractivity contribution is 1.18. The molecule has 38 heavy (non-hydrogen) atoms. The minimum absolute atomic E-state index is 0.912. The Morgan fingerprint density at radius 2 is 0.921 bits per heavy atom. The summed E-state index contributed by atoms with van der Waals surface area (Å²) in [6.45, 7) is 0. The van der Waals surface area contributed by atoms with Gasteiger partial charge in [-0.15, -0.1) is 0 Å². The smallest absolute Gasteiger partial charge is 0.0541 e. The summed E-state index contributed by atoms with van der Waals surface area (Å²) < 4.78 is 2.38. The quantitative estimate of drug-likeness (QED) is 0.229. The summed E-state index contributed by atoms with van der Waals surface area (Å²) in [4.78, 5) is 0. The molecule has 1 heterocycles. The number of rotatable bonds is 5. The highest BCUT2D eigenvalue weighted by molar-refractivity contribution is 6.09. The molecule has 1 heteroatoms. The van der Waals surface area contributed by atoms with Gasteiger partial charge in [-0.1, -0.05) is 127 Å². The molecule has 0 unspecified atom stereocenters. The van der Waals surface area contributed by atoms with Crippen molar-refractivity contribution in [2.24, 2.45) is 0 Å². The Kier molecular flexibility index (Phi) is 5.60. The lowest BCUT2D eigenvalue weighted by Gasteiger charge is -2.11. The van der Waals surface area contributed by atoms with Crippen LogP contribution >= 0.6 is 0 Å². The molecular formula is C37H27N. The fourth-order valence-corrected chi connectivity index (χ4v) is 5.57. The molecule has 0 radical (unpaired) electrons. The summed E-state index contributed by atoms with van der Waals surface area (Å²) >= 11 is 0. The number of hydrogen-bond acceptors (Lipinski definition) is 0. The molecule has 0 saturated carbocycles. The summed E-state index contributed by atoms with van der Waals surface area (Å²) in [6, 6.07) is 54.7. The number of nitrogens with zero attached hydrogens (tertiary/aromatic N) is 1. The normalized spacial score (nSPS) is 11.3. The fourth-order valence-electron chi connectivity index (χ4n) is 5.57. The number of hydrogen-bond donors (Lipinski definition) is 0. The topological polar surface area (TPSA) is 4.93 Å². The molecule has 0 amide bonds. The average Bonchev–Trinajstić information content (AvgIpc) is 3.33. The molecule has 0 aliphatic carbocycles. The van der Waals surface area contributed by atoms with E-state index < -0.39 is 0 Å². The average molecular weight is 486 g/mol. The summed E-state index contributed by atoms with van der Waals surface area (Å²) in [6.07, 6.45) is 0.912. The molecule has 0 bridgehead atoms. The van der Waals surface area contributed by atoms with Gasteiger partial charge in [0.25, 0.3) is 0 Å². The second kappa shape index (κ2) is 9.53. The van der Waals surface area contributed by atoms with E-state index in [0.29, 0.717) is 0 Å². The Bertz CT molecular complexity index is 1820. The largest absolute Gasteiger partial charge is 0.309 e.